The molecule has 110 valence electrons. The van der Waals surface area contributed by atoms with Gasteiger partial charge in [0.2, 0.25) is 0 Å². The Morgan fingerprint density at radius 3 is 2.45 bits per heavy atom. The van der Waals surface area contributed by atoms with Gasteiger partial charge < -0.3 is 14.4 Å². The Morgan fingerprint density at radius 1 is 1.35 bits per heavy atom. The van der Waals surface area contributed by atoms with Crippen molar-refractivity contribution in [2.75, 3.05) is 25.7 Å². The fraction of sp³-hybridized carbons (Fsp3) is 0.462. The minimum atomic E-state index is -0.497. The number of esters is 1. The summed E-state index contributed by atoms with van der Waals surface area (Å²) in [5.41, 5.74) is 0.450. The molecule has 0 aliphatic heterocycles. The first-order valence-corrected chi connectivity index (χ1v) is 6.06. The van der Waals surface area contributed by atoms with Crippen molar-refractivity contribution in [1.82, 2.24) is 0 Å². The molecule has 0 spiro atoms. The molecular formula is C13H18N2O5. The number of nitrogens with zero attached hydrogens (tertiary/aromatic N) is 2. The molecule has 7 nitrogen and oxygen atoms in total. The Bertz CT molecular complexity index is 502. The molecule has 0 saturated heterocycles. The Kier molecular flexibility index (Phi) is 5.31. The van der Waals surface area contributed by atoms with Crippen molar-refractivity contribution < 1.29 is 19.2 Å². The highest BCUT2D eigenvalue weighted by Crippen LogP contribution is 2.29. The second-order valence-corrected chi connectivity index (χ2v) is 4.44. The van der Waals surface area contributed by atoms with Crippen LogP contribution in [0.5, 0.6) is 5.75 Å². The molecule has 0 saturated carbocycles. The van der Waals surface area contributed by atoms with Gasteiger partial charge in [0.1, 0.15) is 12.3 Å². The highest BCUT2D eigenvalue weighted by atomic mass is 16.6. The van der Waals surface area contributed by atoms with Gasteiger partial charge >= 0.3 is 5.97 Å². The monoisotopic (exact) mass is 282 g/mol. The van der Waals surface area contributed by atoms with Gasteiger partial charge in [-0.15, -0.1) is 0 Å². The lowest BCUT2D eigenvalue weighted by Gasteiger charge is -2.27. The summed E-state index contributed by atoms with van der Waals surface area (Å²) in [6.07, 6.45) is 0. The SMILES string of the molecule is COC(=O)CN(c1cc(OC)cc([N+](=O)[O-])c1)C(C)C. The van der Waals surface area contributed by atoms with Crippen LogP contribution in [0.4, 0.5) is 11.4 Å². The first-order chi connectivity index (χ1) is 9.38. The zero-order valence-corrected chi connectivity index (χ0v) is 12.0. The van der Waals surface area contributed by atoms with Gasteiger partial charge in [-0.3, -0.25) is 14.9 Å². The highest BCUT2D eigenvalue weighted by Gasteiger charge is 2.19. The van der Waals surface area contributed by atoms with Crippen LogP contribution >= 0.6 is 0 Å². The number of nitro groups is 1. The number of nitro benzene ring substituents is 1. The number of hydrogen-bond acceptors (Lipinski definition) is 6. The molecule has 0 fully saturated rings. The summed E-state index contributed by atoms with van der Waals surface area (Å²) in [5.74, 6) is -0.0473. The van der Waals surface area contributed by atoms with E-state index in [1.54, 1.807) is 11.0 Å². The first-order valence-electron chi connectivity index (χ1n) is 6.06. The number of rotatable bonds is 6. The van der Waals surface area contributed by atoms with Crippen molar-refractivity contribution >= 4 is 17.3 Å². The van der Waals surface area contributed by atoms with Crippen molar-refractivity contribution in [2.24, 2.45) is 0 Å². The van der Waals surface area contributed by atoms with Gasteiger partial charge in [-0.2, -0.15) is 0 Å². The number of methoxy groups -OCH3 is 2. The summed E-state index contributed by atoms with van der Waals surface area (Å²) in [6, 6.07) is 4.36. The summed E-state index contributed by atoms with van der Waals surface area (Å²) in [4.78, 5) is 23.6. The van der Waals surface area contributed by atoms with E-state index in [0.29, 0.717) is 11.4 Å². The van der Waals surface area contributed by atoms with E-state index in [9.17, 15) is 14.9 Å². The zero-order chi connectivity index (χ0) is 15.3. The minimum Gasteiger partial charge on any atom is -0.496 e. The van der Waals surface area contributed by atoms with Crippen LogP contribution in [0.3, 0.4) is 0 Å². The van der Waals surface area contributed by atoms with Crippen molar-refractivity contribution in [3.05, 3.63) is 28.3 Å². The second-order valence-electron chi connectivity index (χ2n) is 4.44. The topological polar surface area (TPSA) is 81.9 Å². The number of anilines is 1. The molecule has 1 aromatic rings. The predicted octanol–water partition coefficient (Wildman–Crippen LogP) is 1.99. The van der Waals surface area contributed by atoms with E-state index in [0.717, 1.165) is 0 Å². The molecule has 20 heavy (non-hydrogen) atoms. The Hall–Kier alpha value is -2.31. The summed E-state index contributed by atoms with van der Waals surface area (Å²) < 4.78 is 9.70. The quantitative estimate of drug-likeness (QED) is 0.451. The second kappa shape index (κ2) is 6.74. The van der Waals surface area contributed by atoms with Crippen LogP contribution in [0.2, 0.25) is 0 Å². The number of ether oxygens (including phenoxy) is 2. The van der Waals surface area contributed by atoms with Gasteiger partial charge in [0.15, 0.2) is 0 Å². The van der Waals surface area contributed by atoms with Gasteiger partial charge in [0.05, 0.1) is 25.2 Å². The molecule has 0 bridgehead atoms. The van der Waals surface area contributed by atoms with Crippen LogP contribution in [0.1, 0.15) is 13.8 Å². The predicted molar refractivity (Wildman–Crippen MR) is 74.1 cm³/mol. The summed E-state index contributed by atoms with van der Waals surface area (Å²) >= 11 is 0. The van der Waals surface area contributed by atoms with E-state index in [4.69, 9.17) is 4.74 Å². The Balaban J connectivity index is 3.21. The molecule has 0 atom stereocenters. The largest absolute Gasteiger partial charge is 0.496 e. The molecule has 1 rings (SSSR count). The molecule has 0 amide bonds. The van der Waals surface area contributed by atoms with Crippen LogP contribution < -0.4 is 9.64 Å². The lowest BCUT2D eigenvalue weighted by molar-refractivity contribution is -0.384. The van der Waals surface area contributed by atoms with Crippen molar-refractivity contribution in [2.45, 2.75) is 19.9 Å². The van der Waals surface area contributed by atoms with E-state index < -0.39 is 10.9 Å². The number of carbonyl (C=O) groups is 1. The normalized spacial score (nSPS) is 10.2. The third-order valence-corrected chi connectivity index (χ3v) is 2.80. The maximum Gasteiger partial charge on any atom is 0.325 e. The zero-order valence-electron chi connectivity index (χ0n) is 12.0. The van der Waals surface area contributed by atoms with Crippen molar-refractivity contribution in [3.8, 4) is 5.75 Å². The molecule has 0 heterocycles. The van der Waals surface area contributed by atoms with Crippen molar-refractivity contribution in [3.63, 3.8) is 0 Å². The van der Waals surface area contributed by atoms with Gasteiger partial charge in [-0.1, -0.05) is 0 Å². The molecule has 0 unspecified atom stereocenters. The van der Waals surface area contributed by atoms with Crippen LogP contribution in [0.25, 0.3) is 0 Å². The van der Waals surface area contributed by atoms with E-state index in [1.165, 1.54) is 26.4 Å². The molecule has 0 aromatic heterocycles. The molecular weight excluding hydrogens is 264 g/mol. The molecule has 7 heteroatoms. The summed E-state index contributed by atoms with van der Waals surface area (Å²) in [5, 5.41) is 10.9. The smallest absolute Gasteiger partial charge is 0.325 e. The minimum absolute atomic E-state index is 0.0124. The average molecular weight is 282 g/mol. The number of carbonyl (C=O) groups excluding carboxylic acids is 1. The fourth-order valence-corrected chi connectivity index (χ4v) is 1.73. The number of benzene rings is 1. The molecule has 0 N–H and O–H groups in total. The average Bonchev–Trinajstić information content (AvgIpc) is 2.43. The van der Waals surface area contributed by atoms with Crippen LogP contribution in [0.15, 0.2) is 18.2 Å². The van der Waals surface area contributed by atoms with Gasteiger partial charge in [-0.05, 0) is 13.8 Å². The number of hydrogen-bond donors (Lipinski definition) is 0. The summed E-state index contributed by atoms with van der Waals surface area (Å²) in [7, 11) is 2.73. The molecule has 1 aromatic carbocycles. The summed E-state index contributed by atoms with van der Waals surface area (Å²) in [6.45, 7) is 3.78. The number of non-ortho nitro benzene ring substituents is 1. The van der Waals surface area contributed by atoms with E-state index in [1.807, 2.05) is 13.8 Å². The standard InChI is InChI=1S/C13H18N2O5/c1-9(2)14(8-13(16)20-4)10-5-11(15(17)18)7-12(6-10)19-3/h5-7,9H,8H2,1-4H3. The van der Waals surface area contributed by atoms with Gasteiger partial charge in [0, 0.05) is 23.9 Å². The molecule has 0 aliphatic carbocycles. The van der Waals surface area contributed by atoms with Crippen LogP contribution in [-0.2, 0) is 9.53 Å². The van der Waals surface area contributed by atoms with Crippen molar-refractivity contribution in [1.29, 1.82) is 0 Å². The van der Waals surface area contributed by atoms with E-state index >= 15 is 0 Å². The highest BCUT2D eigenvalue weighted by molar-refractivity contribution is 5.76. The Morgan fingerprint density at radius 2 is 2.00 bits per heavy atom. The van der Waals surface area contributed by atoms with E-state index in [-0.39, 0.29) is 18.3 Å². The first kappa shape index (κ1) is 15.7. The maximum absolute atomic E-state index is 11.4. The van der Waals surface area contributed by atoms with Crippen LogP contribution in [-0.4, -0.2) is 37.7 Å². The van der Waals surface area contributed by atoms with Gasteiger partial charge in [0.25, 0.3) is 5.69 Å². The maximum atomic E-state index is 11.4. The van der Waals surface area contributed by atoms with Gasteiger partial charge in [-0.25, -0.2) is 0 Å². The lowest BCUT2D eigenvalue weighted by Crippen LogP contribution is -2.36. The fourth-order valence-electron chi connectivity index (χ4n) is 1.73. The Labute approximate surface area is 117 Å². The molecule has 0 radical (unpaired) electrons. The third-order valence-electron chi connectivity index (χ3n) is 2.80. The van der Waals surface area contributed by atoms with E-state index in [2.05, 4.69) is 4.74 Å². The lowest BCUT2D eigenvalue weighted by atomic mass is 10.2. The third kappa shape index (κ3) is 3.84. The van der Waals surface area contributed by atoms with Crippen LogP contribution in [0, 0.1) is 10.1 Å². The molecule has 0 aliphatic rings.